The van der Waals surface area contributed by atoms with Crippen LogP contribution in [0.5, 0.6) is 0 Å². The van der Waals surface area contributed by atoms with Gasteiger partial charge in [0, 0.05) is 11.1 Å². The molecule has 136 valence electrons. The average molecular weight is 371 g/mol. The monoisotopic (exact) mass is 370 g/mol. The van der Waals surface area contributed by atoms with Crippen LogP contribution in [0.25, 0.3) is 6.08 Å². The second kappa shape index (κ2) is 8.68. The lowest BCUT2D eigenvalue weighted by atomic mass is 9.94. The molecule has 0 heterocycles. The number of nitrogens with one attached hydrogen (secondary N) is 2. The predicted octanol–water partition coefficient (Wildman–Crippen LogP) is 3.91. The summed E-state index contributed by atoms with van der Waals surface area (Å²) >= 11 is 5.91. The largest absolute Gasteiger partial charge is 0.345 e. The molecule has 0 aliphatic carbocycles. The summed E-state index contributed by atoms with van der Waals surface area (Å²) in [7, 11) is 0. The Morgan fingerprint density at radius 1 is 1.04 bits per heavy atom. The van der Waals surface area contributed by atoms with Gasteiger partial charge in [0.05, 0.1) is 5.54 Å². The van der Waals surface area contributed by atoms with Gasteiger partial charge in [0.1, 0.15) is 6.04 Å². The molecule has 4 nitrogen and oxygen atoms in total. The minimum atomic E-state index is -0.658. The highest BCUT2D eigenvalue weighted by Crippen LogP contribution is 2.22. The van der Waals surface area contributed by atoms with E-state index in [1.165, 1.54) is 6.08 Å². The molecule has 0 aliphatic heterocycles. The normalized spacial score (nSPS) is 12.6. The lowest BCUT2D eigenvalue weighted by Gasteiger charge is -2.28. The van der Waals surface area contributed by atoms with Gasteiger partial charge in [-0.05, 0) is 50.1 Å². The molecule has 0 saturated carbocycles. The SMILES string of the molecule is CC(NC(=O)/C=C/c1ccccc1)C(=O)NC(C)(C)c1ccc(Cl)cc1. The van der Waals surface area contributed by atoms with Crippen molar-refractivity contribution >= 4 is 29.5 Å². The van der Waals surface area contributed by atoms with Gasteiger partial charge in [-0.25, -0.2) is 0 Å². The van der Waals surface area contributed by atoms with Crippen molar-refractivity contribution in [2.45, 2.75) is 32.4 Å². The fraction of sp³-hybridized carbons (Fsp3) is 0.238. The fourth-order valence-electron chi connectivity index (χ4n) is 2.42. The first-order valence-corrected chi connectivity index (χ1v) is 8.77. The van der Waals surface area contributed by atoms with E-state index in [0.717, 1.165) is 11.1 Å². The van der Waals surface area contributed by atoms with Crippen molar-refractivity contribution in [3.8, 4) is 0 Å². The highest BCUT2D eigenvalue weighted by molar-refractivity contribution is 6.30. The van der Waals surface area contributed by atoms with E-state index in [1.807, 2.05) is 56.3 Å². The third kappa shape index (κ3) is 5.74. The third-order valence-electron chi connectivity index (χ3n) is 3.98. The molecular formula is C21H23ClN2O2. The summed E-state index contributed by atoms with van der Waals surface area (Å²) < 4.78 is 0. The van der Waals surface area contributed by atoms with Gasteiger partial charge in [-0.3, -0.25) is 9.59 Å². The van der Waals surface area contributed by atoms with Gasteiger partial charge in [-0.15, -0.1) is 0 Å². The summed E-state index contributed by atoms with van der Waals surface area (Å²) in [5, 5.41) is 6.26. The number of halogens is 1. The van der Waals surface area contributed by atoms with Gasteiger partial charge >= 0.3 is 0 Å². The topological polar surface area (TPSA) is 58.2 Å². The third-order valence-corrected chi connectivity index (χ3v) is 4.23. The number of rotatable bonds is 6. The first-order chi connectivity index (χ1) is 12.3. The molecule has 0 aliphatic rings. The molecule has 2 aromatic rings. The van der Waals surface area contributed by atoms with Crippen LogP contribution in [-0.2, 0) is 15.1 Å². The van der Waals surface area contributed by atoms with E-state index in [4.69, 9.17) is 11.6 Å². The van der Waals surface area contributed by atoms with Gasteiger partial charge in [-0.1, -0.05) is 54.1 Å². The maximum absolute atomic E-state index is 12.4. The van der Waals surface area contributed by atoms with E-state index < -0.39 is 11.6 Å². The van der Waals surface area contributed by atoms with Crippen LogP contribution >= 0.6 is 11.6 Å². The van der Waals surface area contributed by atoms with Gasteiger partial charge in [0.2, 0.25) is 11.8 Å². The molecule has 1 unspecified atom stereocenters. The number of hydrogen-bond acceptors (Lipinski definition) is 2. The molecule has 0 radical (unpaired) electrons. The van der Waals surface area contributed by atoms with Crippen LogP contribution in [0.4, 0.5) is 0 Å². The van der Waals surface area contributed by atoms with Crippen LogP contribution in [0.1, 0.15) is 31.9 Å². The van der Waals surface area contributed by atoms with Crippen molar-refractivity contribution < 1.29 is 9.59 Å². The molecule has 2 amide bonds. The van der Waals surface area contributed by atoms with Crippen molar-refractivity contribution in [2.75, 3.05) is 0 Å². The molecule has 0 fully saturated rings. The van der Waals surface area contributed by atoms with Crippen molar-refractivity contribution in [1.82, 2.24) is 10.6 Å². The quantitative estimate of drug-likeness (QED) is 0.757. The Morgan fingerprint density at radius 3 is 2.27 bits per heavy atom. The second-order valence-corrected chi connectivity index (χ2v) is 7.03. The van der Waals surface area contributed by atoms with Crippen LogP contribution < -0.4 is 10.6 Å². The van der Waals surface area contributed by atoms with E-state index in [2.05, 4.69) is 10.6 Å². The van der Waals surface area contributed by atoms with Crippen molar-refractivity contribution in [3.63, 3.8) is 0 Å². The molecule has 0 aromatic heterocycles. The zero-order valence-electron chi connectivity index (χ0n) is 15.1. The fourth-order valence-corrected chi connectivity index (χ4v) is 2.54. The summed E-state index contributed by atoms with van der Waals surface area (Å²) in [5.74, 6) is -0.577. The predicted molar refractivity (Wildman–Crippen MR) is 106 cm³/mol. The first-order valence-electron chi connectivity index (χ1n) is 8.39. The highest BCUT2D eigenvalue weighted by Gasteiger charge is 2.25. The summed E-state index contributed by atoms with van der Waals surface area (Å²) in [6, 6.07) is 16.1. The maximum atomic E-state index is 12.4. The lowest BCUT2D eigenvalue weighted by molar-refractivity contribution is -0.127. The second-order valence-electron chi connectivity index (χ2n) is 6.60. The van der Waals surface area contributed by atoms with Gasteiger partial charge in [0.15, 0.2) is 0 Å². The van der Waals surface area contributed by atoms with E-state index in [9.17, 15) is 9.59 Å². The molecule has 0 spiro atoms. The molecule has 0 saturated heterocycles. The molecule has 26 heavy (non-hydrogen) atoms. The Kier molecular flexibility index (Phi) is 6.58. The van der Waals surface area contributed by atoms with Gasteiger partial charge in [-0.2, -0.15) is 0 Å². The van der Waals surface area contributed by atoms with E-state index in [-0.39, 0.29) is 11.8 Å². The zero-order valence-corrected chi connectivity index (χ0v) is 15.9. The molecule has 2 N–H and O–H groups in total. The van der Waals surface area contributed by atoms with Crippen molar-refractivity contribution in [2.24, 2.45) is 0 Å². The molecule has 5 heteroatoms. The highest BCUT2D eigenvalue weighted by atomic mass is 35.5. The number of carbonyl (C=O) groups excluding carboxylic acids is 2. The minimum Gasteiger partial charge on any atom is -0.345 e. The Hall–Kier alpha value is -2.59. The van der Waals surface area contributed by atoms with Crippen molar-refractivity contribution in [1.29, 1.82) is 0 Å². The number of benzene rings is 2. The van der Waals surface area contributed by atoms with Crippen LogP contribution in [0, 0.1) is 0 Å². The summed E-state index contributed by atoms with van der Waals surface area (Å²) in [6.07, 6.45) is 3.13. The van der Waals surface area contributed by atoms with Gasteiger partial charge < -0.3 is 10.6 Å². The van der Waals surface area contributed by atoms with Crippen molar-refractivity contribution in [3.05, 3.63) is 76.8 Å². The zero-order chi connectivity index (χ0) is 19.2. The number of carbonyl (C=O) groups is 2. The Labute approximate surface area is 159 Å². The van der Waals surface area contributed by atoms with E-state index in [0.29, 0.717) is 5.02 Å². The molecular weight excluding hydrogens is 348 g/mol. The Balaban J connectivity index is 1.93. The molecule has 1 atom stereocenters. The maximum Gasteiger partial charge on any atom is 0.244 e. The molecule has 2 aromatic carbocycles. The van der Waals surface area contributed by atoms with Crippen LogP contribution in [-0.4, -0.2) is 17.9 Å². The lowest BCUT2D eigenvalue weighted by Crippen LogP contribution is -2.50. The van der Waals surface area contributed by atoms with Crippen LogP contribution in [0.2, 0.25) is 5.02 Å². The summed E-state index contributed by atoms with van der Waals surface area (Å²) in [6.45, 7) is 5.46. The molecule has 2 rings (SSSR count). The average Bonchev–Trinajstić information content (AvgIpc) is 2.61. The number of amides is 2. The summed E-state index contributed by atoms with van der Waals surface area (Å²) in [4.78, 5) is 24.4. The standard InChI is InChI=1S/C21H23ClN2O2/c1-15(23-19(25)14-9-16-7-5-4-6-8-16)20(26)24-21(2,3)17-10-12-18(22)13-11-17/h4-15H,1-3H3,(H,23,25)(H,24,26)/b14-9+. The smallest absolute Gasteiger partial charge is 0.244 e. The molecule has 0 bridgehead atoms. The van der Waals surface area contributed by atoms with E-state index >= 15 is 0 Å². The Bertz CT molecular complexity index is 783. The first kappa shape index (κ1) is 19.7. The number of hydrogen-bond donors (Lipinski definition) is 2. The minimum absolute atomic E-state index is 0.258. The Morgan fingerprint density at radius 2 is 1.65 bits per heavy atom. The van der Waals surface area contributed by atoms with Crippen LogP contribution in [0.3, 0.4) is 0 Å². The van der Waals surface area contributed by atoms with Crippen LogP contribution in [0.15, 0.2) is 60.7 Å². The van der Waals surface area contributed by atoms with E-state index in [1.54, 1.807) is 25.1 Å². The van der Waals surface area contributed by atoms with Gasteiger partial charge in [0.25, 0.3) is 0 Å². The summed E-state index contributed by atoms with van der Waals surface area (Å²) in [5.41, 5.74) is 1.27.